The van der Waals surface area contributed by atoms with Crippen LogP contribution in [-0.2, 0) is 6.42 Å². The van der Waals surface area contributed by atoms with Crippen molar-refractivity contribution >= 4 is 54.4 Å². The smallest absolute Gasteiger partial charge is 0.0622 e. The molecule has 0 fully saturated rings. The maximum Gasteiger partial charge on any atom is 0.0622 e. The van der Waals surface area contributed by atoms with Crippen LogP contribution >= 0.6 is 0 Å². The SMILES string of the molecule is c1ccc(-c2cccc(-n3c4ccc(-c5ccc6c(c5)c5ccccc5n6-c5ccc6ccccc6c5)cc4c4ccc5c(c43)-c3ccccc3C5)c2)cc1. The van der Waals surface area contributed by atoms with Crippen LogP contribution in [0.4, 0.5) is 0 Å². The van der Waals surface area contributed by atoms with Gasteiger partial charge in [-0.05, 0) is 111 Å². The minimum atomic E-state index is 0.963. The Morgan fingerprint density at radius 3 is 1.85 bits per heavy atom. The first-order valence-electron chi connectivity index (χ1n) is 19.1. The summed E-state index contributed by atoms with van der Waals surface area (Å²) in [5.74, 6) is 0. The zero-order valence-corrected chi connectivity index (χ0v) is 30.1. The van der Waals surface area contributed by atoms with Gasteiger partial charge in [0.2, 0.25) is 0 Å². The maximum absolute atomic E-state index is 2.52. The van der Waals surface area contributed by atoms with Crippen LogP contribution in [0.1, 0.15) is 11.1 Å². The van der Waals surface area contributed by atoms with Crippen molar-refractivity contribution in [3.8, 4) is 44.8 Å². The lowest BCUT2D eigenvalue weighted by Gasteiger charge is -2.13. The number of hydrogen-bond donors (Lipinski definition) is 0. The molecular formula is C53H34N2. The van der Waals surface area contributed by atoms with Crippen LogP contribution in [0.25, 0.3) is 99.1 Å². The van der Waals surface area contributed by atoms with Crippen molar-refractivity contribution in [1.29, 1.82) is 0 Å². The average Bonchev–Trinajstić information content (AvgIpc) is 3.91. The molecule has 2 heteroatoms. The van der Waals surface area contributed by atoms with Crippen LogP contribution < -0.4 is 0 Å². The minimum Gasteiger partial charge on any atom is -0.309 e. The van der Waals surface area contributed by atoms with Gasteiger partial charge in [-0.2, -0.15) is 0 Å². The molecule has 256 valence electrons. The van der Waals surface area contributed by atoms with Crippen molar-refractivity contribution < 1.29 is 0 Å². The van der Waals surface area contributed by atoms with Crippen LogP contribution in [0.2, 0.25) is 0 Å². The molecule has 0 unspecified atom stereocenters. The maximum atomic E-state index is 2.52. The summed E-state index contributed by atoms with van der Waals surface area (Å²) in [6.45, 7) is 0. The zero-order valence-electron chi connectivity index (χ0n) is 30.1. The first-order valence-corrected chi connectivity index (χ1v) is 19.1. The Hall–Kier alpha value is -7.16. The van der Waals surface area contributed by atoms with E-state index in [2.05, 4.69) is 203 Å². The molecule has 9 aromatic carbocycles. The summed E-state index contributed by atoms with van der Waals surface area (Å²) in [5.41, 5.74) is 17.7. The molecule has 0 bridgehead atoms. The van der Waals surface area contributed by atoms with Gasteiger partial charge in [0.1, 0.15) is 0 Å². The number of para-hydroxylation sites is 1. The van der Waals surface area contributed by atoms with Gasteiger partial charge in [0.25, 0.3) is 0 Å². The van der Waals surface area contributed by atoms with E-state index in [4.69, 9.17) is 0 Å². The second-order valence-electron chi connectivity index (χ2n) is 14.9. The van der Waals surface area contributed by atoms with Gasteiger partial charge in [0.05, 0.1) is 22.1 Å². The molecule has 12 rings (SSSR count). The summed E-state index contributed by atoms with van der Waals surface area (Å²) >= 11 is 0. The average molecular weight is 699 g/mol. The topological polar surface area (TPSA) is 9.86 Å². The largest absolute Gasteiger partial charge is 0.309 e. The molecule has 0 spiro atoms. The highest BCUT2D eigenvalue weighted by molar-refractivity contribution is 6.16. The molecule has 0 saturated heterocycles. The summed E-state index contributed by atoms with van der Waals surface area (Å²) < 4.78 is 4.93. The molecule has 1 aliphatic carbocycles. The van der Waals surface area contributed by atoms with Gasteiger partial charge in [-0.1, -0.05) is 140 Å². The van der Waals surface area contributed by atoms with Gasteiger partial charge in [-0.15, -0.1) is 0 Å². The summed E-state index contributed by atoms with van der Waals surface area (Å²) in [4.78, 5) is 0. The second kappa shape index (κ2) is 11.7. The first kappa shape index (κ1) is 30.3. The Bertz CT molecular complexity index is 3340. The van der Waals surface area contributed by atoms with E-state index < -0.39 is 0 Å². The van der Waals surface area contributed by atoms with Crippen molar-refractivity contribution in [1.82, 2.24) is 9.13 Å². The quantitative estimate of drug-likeness (QED) is 0.173. The van der Waals surface area contributed by atoms with Crippen molar-refractivity contribution in [2.75, 3.05) is 0 Å². The normalized spacial score (nSPS) is 12.3. The predicted octanol–water partition coefficient (Wildman–Crippen LogP) is 13.9. The van der Waals surface area contributed by atoms with Gasteiger partial charge < -0.3 is 9.13 Å². The third-order valence-corrected chi connectivity index (χ3v) is 11.9. The molecule has 0 N–H and O–H groups in total. The standard InChI is InChI=1S/C53H34N2/c1-2-11-34(12-3-1)37-16-10-17-42(30-37)55-51-28-24-39(33-48(51)46-26-22-41-29-40-15-6-7-18-44(40)52(41)53(46)55)38-23-27-50-47(32-38)45-19-8-9-20-49(45)54(50)43-25-21-35-13-4-5-14-36(35)31-43/h1-28,30-33H,29H2. The van der Waals surface area contributed by atoms with Crippen molar-refractivity contribution in [2.24, 2.45) is 0 Å². The Kier molecular flexibility index (Phi) is 6.43. The number of fused-ring (bicyclic) bond motifs is 11. The molecule has 0 saturated carbocycles. The highest BCUT2D eigenvalue weighted by atomic mass is 15.0. The molecule has 2 nitrogen and oxygen atoms in total. The van der Waals surface area contributed by atoms with E-state index >= 15 is 0 Å². The van der Waals surface area contributed by atoms with Crippen LogP contribution in [0.5, 0.6) is 0 Å². The van der Waals surface area contributed by atoms with E-state index in [1.165, 1.54) is 110 Å². The summed E-state index contributed by atoms with van der Waals surface area (Å²) in [7, 11) is 0. The Morgan fingerprint density at radius 1 is 0.327 bits per heavy atom. The van der Waals surface area contributed by atoms with Crippen LogP contribution in [0.15, 0.2) is 194 Å². The molecule has 0 aliphatic heterocycles. The number of hydrogen-bond acceptors (Lipinski definition) is 0. The van der Waals surface area contributed by atoms with Crippen molar-refractivity contribution in [2.45, 2.75) is 6.42 Å². The molecule has 55 heavy (non-hydrogen) atoms. The van der Waals surface area contributed by atoms with Gasteiger partial charge in [-0.3, -0.25) is 0 Å². The van der Waals surface area contributed by atoms with E-state index in [9.17, 15) is 0 Å². The number of rotatable bonds is 4. The predicted molar refractivity (Wildman–Crippen MR) is 232 cm³/mol. The number of aromatic nitrogens is 2. The fourth-order valence-corrected chi connectivity index (χ4v) is 9.37. The molecular weight excluding hydrogens is 665 g/mol. The lowest BCUT2D eigenvalue weighted by atomic mass is 9.99. The van der Waals surface area contributed by atoms with Crippen LogP contribution in [-0.4, -0.2) is 9.13 Å². The van der Waals surface area contributed by atoms with E-state index in [0.717, 1.165) is 6.42 Å². The molecule has 2 aromatic heterocycles. The van der Waals surface area contributed by atoms with E-state index in [1.807, 2.05) is 0 Å². The minimum absolute atomic E-state index is 0.963. The highest BCUT2D eigenvalue weighted by Gasteiger charge is 2.25. The summed E-state index contributed by atoms with van der Waals surface area (Å²) in [6, 6.07) is 71.7. The fraction of sp³-hybridized carbons (Fsp3) is 0.0189. The first-order chi connectivity index (χ1) is 27.3. The zero-order chi connectivity index (χ0) is 36.0. The Balaban J connectivity index is 1.08. The monoisotopic (exact) mass is 698 g/mol. The van der Waals surface area contributed by atoms with Crippen molar-refractivity contribution in [3.05, 3.63) is 205 Å². The molecule has 2 heterocycles. The third-order valence-electron chi connectivity index (χ3n) is 11.9. The molecule has 0 atom stereocenters. The van der Waals surface area contributed by atoms with Gasteiger partial charge >= 0.3 is 0 Å². The Morgan fingerprint density at radius 2 is 0.982 bits per heavy atom. The van der Waals surface area contributed by atoms with Crippen molar-refractivity contribution in [3.63, 3.8) is 0 Å². The lowest BCUT2D eigenvalue weighted by Crippen LogP contribution is -1.96. The third kappa shape index (κ3) is 4.55. The summed E-state index contributed by atoms with van der Waals surface area (Å²) in [5, 5.41) is 7.57. The van der Waals surface area contributed by atoms with E-state index in [-0.39, 0.29) is 0 Å². The molecule has 11 aromatic rings. The fourth-order valence-electron chi connectivity index (χ4n) is 9.37. The van der Waals surface area contributed by atoms with Gasteiger partial charge in [0, 0.05) is 38.5 Å². The lowest BCUT2D eigenvalue weighted by molar-refractivity contribution is 1.18. The van der Waals surface area contributed by atoms with E-state index in [1.54, 1.807) is 0 Å². The molecule has 1 aliphatic rings. The number of benzene rings is 9. The Labute approximate surface area is 318 Å². The van der Waals surface area contributed by atoms with E-state index in [0.29, 0.717) is 0 Å². The highest BCUT2D eigenvalue weighted by Crippen LogP contribution is 2.46. The van der Waals surface area contributed by atoms with Crippen LogP contribution in [0, 0.1) is 0 Å². The number of nitrogens with zero attached hydrogens (tertiary/aromatic N) is 2. The van der Waals surface area contributed by atoms with Crippen LogP contribution in [0.3, 0.4) is 0 Å². The van der Waals surface area contributed by atoms with Gasteiger partial charge in [-0.25, -0.2) is 0 Å². The molecule has 0 radical (unpaired) electrons. The second-order valence-corrected chi connectivity index (χ2v) is 14.9. The molecule has 0 amide bonds. The van der Waals surface area contributed by atoms with Gasteiger partial charge in [0.15, 0.2) is 0 Å². The summed E-state index contributed by atoms with van der Waals surface area (Å²) in [6.07, 6.45) is 0.963.